The molecule has 0 aliphatic rings. The van der Waals surface area contributed by atoms with Crippen molar-refractivity contribution in [2.75, 3.05) is 19.0 Å². The summed E-state index contributed by atoms with van der Waals surface area (Å²) in [6, 6.07) is 16.2. The number of nitriles is 1. The average molecular weight is 383 g/mol. The Morgan fingerprint density at radius 3 is 2.21 bits per heavy atom. The minimum absolute atomic E-state index is 0.0114. The van der Waals surface area contributed by atoms with Crippen LogP contribution >= 0.6 is 0 Å². The predicted molar refractivity (Wildman–Crippen MR) is 110 cm³/mol. The standard InChI is InChI=1S/C23H27F2N3/c1-16(27(5)6)17(2)28(18(3)19-10-8-7-9-11-19)21-13-12-20(15-26)22(14-21)23(4,24)25/h7-14,17-18H,1H2,2-6H3/t17-,18?/m0/s1. The fourth-order valence-corrected chi connectivity index (χ4v) is 3.36. The molecule has 2 rings (SSSR count). The first-order valence-electron chi connectivity index (χ1n) is 9.19. The Kier molecular flexibility index (Phi) is 6.45. The second-order valence-electron chi connectivity index (χ2n) is 7.29. The highest BCUT2D eigenvalue weighted by Crippen LogP contribution is 2.37. The fourth-order valence-electron chi connectivity index (χ4n) is 3.36. The van der Waals surface area contributed by atoms with E-state index in [0.29, 0.717) is 5.69 Å². The lowest BCUT2D eigenvalue weighted by atomic mass is 9.98. The van der Waals surface area contributed by atoms with Gasteiger partial charge in [-0.2, -0.15) is 5.26 Å². The van der Waals surface area contributed by atoms with Crippen molar-refractivity contribution >= 4 is 5.69 Å². The summed E-state index contributed by atoms with van der Waals surface area (Å²) in [5.74, 6) is -3.11. The maximum absolute atomic E-state index is 14.2. The Labute approximate surface area is 166 Å². The zero-order valence-electron chi connectivity index (χ0n) is 17.1. The van der Waals surface area contributed by atoms with Crippen molar-refractivity contribution < 1.29 is 8.78 Å². The van der Waals surface area contributed by atoms with Crippen LogP contribution in [0.2, 0.25) is 0 Å². The Morgan fingerprint density at radius 2 is 1.71 bits per heavy atom. The van der Waals surface area contributed by atoms with E-state index in [0.717, 1.165) is 18.2 Å². The lowest BCUT2D eigenvalue weighted by Gasteiger charge is -2.40. The first kappa shape index (κ1) is 21.4. The molecule has 0 fully saturated rings. The Bertz CT molecular complexity index is 864. The lowest BCUT2D eigenvalue weighted by Crippen LogP contribution is -2.40. The van der Waals surface area contributed by atoms with Crippen LogP contribution in [0.5, 0.6) is 0 Å². The maximum Gasteiger partial charge on any atom is 0.271 e. The van der Waals surface area contributed by atoms with Gasteiger partial charge < -0.3 is 9.80 Å². The molecule has 0 spiro atoms. The molecule has 1 unspecified atom stereocenters. The smallest absolute Gasteiger partial charge is 0.271 e. The molecule has 3 nitrogen and oxygen atoms in total. The van der Waals surface area contributed by atoms with Crippen LogP contribution in [-0.4, -0.2) is 25.0 Å². The van der Waals surface area contributed by atoms with E-state index in [-0.39, 0.29) is 23.2 Å². The molecule has 0 aliphatic heterocycles. The van der Waals surface area contributed by atoms with E-state index in [9.17, 15) is 14.0 Å². The number of hydrogen-bond donors (Lipinski definition) is 0. The quantitative estimate of drug-likeness (QED) is 0.614. The molecule has 0 saturated carbocycles. The van der Waals surface area contributed by atoms with E-state index in [1.54, 1.807) is 6.07 Å². The van der Waals surface area contributed by atoms with Crippen molar-refractivity contribution in [2.24, 2.45) is 0 Å². The van der Waals surface area contributed by atoms with Gasteiger partial charge in [0.1, 0.15) is 0 Å². The third kappa shape index (κ3) is 4.51. The van der Waals surface area contributed by atoms with Crippen LogP contribution in [0.4, 0.5) is 14.5 Å². The minimum atomic E-state index is -3.11. The number of nitrogens with zero attached hydrogens (tertiary/aromatic N) is 3. The highest BCUT2D eigenvalue weighted by atomic mass is 19.3. The molecule has 2 aromatic rings. The monoisotopic (exact) mass is 383 g/mol. The summed E-state index contributed by atoms with van der Waals surface area (Å²) in [5, 5.41) is 9.25. The van der Waals surface area contributed by atoms with Gasteiger partial charge in [0.05, 0.1) is 23.7 Å². The second-order valence-corrected chi connectivity index (χ2v) is 7.29. The topological polar surface area (TPSA) is 30.3 Å². The largest absolute Gasteiger partial charge is 0.380 e. The number of halogens is 2. The van der Waals surface area contributed by atoms with Crippen LogP contribution in [0.1, 0.15) is 43.5 Å². The molecular weight excluding hydrogens is 356 g/mol. The summed E-state index contributed by atoms with van der Waals surface area (Å²) in [5.41, 5.74) is 2.28. The molecule has 0 heterocycles. The molecule has 0 N–H and O–H groups in total. The van der Waals surface area contributed by atoms with Gasteiger partial charge in [0.25, 0.3) is 5.92 Å². The molecular formula is C23H27F2N3. The highest BCUT2D eigenvalue weighted by molar-refractivity contribution is 5.58. The molecule has 0 aromatic heterocycles. The summed E-state index contributed by atoms with van der Waals surface area (Å²) in [6.45, 7) is 9.03. The SMILES string of the molecule is C=C([C@H](C)N(c1ccc(C#N)c(C(C)(F)F)c1)C(C)c1ccccc1)N(C)C. The van der Waals surface area contributed by atoms with E-state index >= 15 is 0 Å². The van der Waals surface area contributed by atoms with Crippen LogP contribution in [0.3, 0.4) is 0 Å². The minimum Gasteiger partial charge on any atom is -0.380 e. The average Bonchev–Trinajstić information content (AvgIpc) is 2.67. The number of likely N-dealkylation sites (N-methyl/N-ethyl adjacent to an activating group) is 1. The zero-order valence-corrected chi connectivity index (χ0v) is 17.1. The molecule has 0 amide bonds. The van der Waals surface area contributed by atoms with Crippen molar-refractivity contribution in [3.05, 3.63) is 77.5 Å². The summed E-state index contributed by atoms with van der Waals surface area (Å²) >= 11 is 0. The summed E-state index contributed by atoms with van der Waals surface area (Å²) in [4.78, 5) is 3.99. The zero-order chi connectivity index (χ0) is 21.1. The first-order chi connectivity index (χ1) is 13.1. The predicted octanol–water partition coefficient (Wildman–Crippen LogP) is 5.70. The number of alkyl halides is 2. The molecule has 2 aromatic carbocycles. The molecule has 0 radical (unpaired) electrons. The van der Waals surface area contributed by atoms with E-state index in [2.05, 4.69) is 11.5 Å². The molecule has 5 heteroatoms. The van der Waals surface area contributed by atoms with Gasteiger partial charge in [-0.3, -0.25) is 0 Å². The van der Waals surface area contributed by atoms with Gasteiger partial charge in [0.2, 0.25) is 0 Å². The molecule has 2 atom stereocenters. The van der Waals surface area contributed by atoms with Crippen LogP contribution in [0.25, 0.3) is 0 Å². The van der Waals surface area contributed by atoms with Gasteiger partial charge in [-0.05, 0) is 37.6 Å². The molecule has 0 bridgehead atoms. The summed E-state index contributed by atoms with van der Waals surface area (Å²) < 4.78 is 28.3. The third-order valence-electron chi connectivity index (χ3n) is 5.07. The second kappa shape index (κ2) is 8.43. The van der Waals surface area contributed by atoms with E-state index in [1.807, 2.05) is 69.2 Å². The van der Waals surface area contributed by atoms with Crippen LogP contribution in [0, 0.1) is 11.3 Å². The van der Waals surface area contributed by atoms with Gasteiger partial charge in [-0.25, -0.2) is 8.78 Å². The summed E-state index contributed by atoms with van der Waals surface area (Å²) in [7, 11) is 3.82. The van der Waals surface area contributed by atoms with Crippen LogP contribution in [-0.2, 0) is 5.92 Å². The number of hydrogen-bond acceptors (Lipinski definition) is 3. The molecule has 28 heavy (non-hydrogen) atoms. The van der Waals surface area contributed by atoms with E-state index in [4.69, 9.17) is 0 Å². The molecule has 0 saturated heterocycles. The van der Waals surface area contributed by atoms with Gasteiger partial charge in [-0.15, -0.1) is 0 Å². The summed E-state index contributed by atoms with van der Waals surface area (Å²) in [6.07, 6.45) is 0. The normalized spacial score (nSPS) is 13.4. The Balaban J connectivity index is 2.62. The van der Waals surface area contributed by atoms with Crippen molar-refractivity contribution in [3.8, 4) is 6.07 Å². The van der Waals surface area contributed by atoms with Crippen molar-refractivity contribution in [2.45, 2.75) is 38.8 Å². The molecule has 0 aliphatic carbocycles. The van der Waals surface area contributed by atoms with Gasteiger partial charge in [0.15, 0.2) is 0 Å². The van der Waals surface area contributed by atoms with Crippen LogP contribution in [0.15, 0.2) is 60.8 Å². The van der Waals surface area contributed by atoms with Gasteiger partial charge >= 0.3 is 0 Å². The van der Waals surface area contributed by atoms with E-state index in [1.165, 1.54) is 12.1 Å². The fraction of sp³-hybridized carbons (Fsp3) is 0.348. The first-order valence-corrected chi connectivity index (χ1v) is 9.19. The molecule has 148 valence electrons. The number of rotatable bonds is 7. The van der Waals surface area contributed by atoms with Crippen LogP contribution < -0.4 is 4.90 Å². The Hall–Kier alpha value is -2.87. The highest BCUT2D eigenvalue weighted by Gasteiger charge is 2.31. The Morgan fingerprint density at radius 1 is 1.11 bits per heavy atom. The van der Waals surface area contributed by atoms with E-state index < -0.39 is 5.92 Å². The van der Waals surface area contributed by atoms with Gasteiger partial charge in [0, 0.05) is 38.0 Å². The van der Waals surface area contributed by atoms with Gasteiger partial charge in [-0.1, -0.05) is 36.9 Å². The lowest BCUT2D eigenvalue weighted by molar-refractivity contribution is 0.0172. The van der Waals surface area contributed by atoms with Crippen molar-refractivity contribution in [3.63, 3.8) is 0 Å². The van der Waals surface area contributed by atoms with Crippen molar-refractivity contribution in [1.29, 1.82) is 5.26 Å². The number of benzene rings is 2. The third-order valence-corrected chi connectivity index (χ3v) is 5.07. The number of anilines is 1. The maximum atomic E-state index is 14.2. The van der Waals surface area contributed by atoms with Crippen molar-refractivity contribution in [1.82, 2.24) is 4.90 Å².